The van der Waals surface area contributed by atoms with Crippen LogP contribution in [0.25, 0.3) is 5.69 Å². The van der Waals surface area contributed by atoms with E-state index in [1.807, 2.05) is 31.2 Å². The van der Waals surface area contributed by atoms with Crippen LogP contribution < -0.4 is 5.73 Å². The molecule has 0 atom stereocenters. The smallest absolute Gasteiger partial charge is 0.219 e. The van der Waals surface area contributed by atoms with Crippen LogP contribution in [0.15, 0.2) is 30.5 Å². The quantitative estimate of drug-likeness (QED) is 0.879. The molecule has 0 saturated carbocycles. The number of nitrogens with two attached hydrogens (primary N) is 1. The van der Waals surface area contributed by atoms with E-state index in [2.05, 4.69) is 5.10 Å². The van der Waals surface area contributed by atoms with E-state index in [1.54, 1.807) is 6.20 Å². The first-order chi connectivity index (χ1) is 8.24. The Hall–Kier alpha value is -1.68. The van der Waals surface area contributed by atoms with Crippen molar-refractivity contribution < 1.29 is 4.39 Å². The number of hydrogen-bond donors (Lipinski definition) is 1. The lowest BCUT2D eigenvalue weighted by atomic mass is 10.2. The molecule has 2 rings (SSSR count). The van der Waals surface area contributed by atoms with Gasteiger partial charge in [-0.2, -0.15) is 9.49 Å². The molecule has 0 saturated heterocycles. The molecule has 2 N–H and O–H groups in total. The molecule has 0 unspecified atom stereocenters. The molecule has 3 nitrogen and oxygen atoms in total. The predicted octanol–water partition coefficient (Wildman–Crippen LogP) is 2.21. The molecule has 0 aliphatic rings. The molecule has 0 amide bonds. The van der Waals surface area contributed by atoms with Crippen molar-refractivity contribution in [2.24, 2.45) is 5.73 Å². The molecule has 1 heterocycles. The van der Waals surface area contributed by atoms with Gasteiger partial charge in [-0.25, -0.2) is 4.68 Å². The standard InChI is InChI=1S/C13H16FN3/c1-10-5-2-3-7-12(10)17-13(14)11(9-16-17)6-4-8-15/h2-3,5,7,9H,4,6,8,15H2,1H3. The van der Waals surface area contributed by atoms with E-state index in [0.29, 0.717) is 18.5 Å². The summed E-state index contributed by atoms with van der Waals surface area (Å²) >= 11 is 0. The summed E-state index contributed by atoms with van der Waals surface area (Å²) in [5.74, 6) is -0.284. The number of rotatable bonds is 4. The molecule has 90 valence electrons. The molecular formula is C13H16FN3. The highest BCUT2D eigenvalue weighted by Gasteiger charge is 2.12. The normalized spacial score (nSPS) is 10.8. The van der Waals surface area contributed by atoms with E-state index in [1.165, 1.54) is 4.68 Å². The molecule has 2 aromatic rings. The summed E-state index contributed by atoms with van der Waals surface area (Å²) in [6.07, 6.45) is 2.99. The summed E-state index contributed by atoms with van der Waals surface area (Å²) in [7, 11) is 0. The highest BCUT2D eigenvalue weighted by atomic mass is 19.1. The number of aromatic nitrogens is 2. The molecule has 17 heavy (non-hydrogen) atoms. The Labute approximate surface area is 100 Å². The maximum absolute atomic E-state index is 14.1. The third-order valence-corrected chi connectivity index (χ3v) is 2.77. The van der Waals surface area contributed by atoms with Crippen molar-refractivity contribution >= 4 is 0 Å². The van der Waals surface area contributed by atoms with Gasteiger partial charge in [-0.15, -0.1) is 0 Å². The third-order valence-electron chi connectivity index (χ3n) is 2.77. The van der Waals surface area contributed by atoms with Crippen molar-refractivity contribution in [2.45, 2.75) is 19.8 Å². The average Bonchev–Trinajstić information content (AvgIpc) is 2.69. The molecule has 0 radical (unpaired) electrons. The van der Waals surface area contributed by atoms with E-state index in [9.17, 15) is 4.39 Å². The van der Waals surface area contributed by atoms with Gasteiger partial charge in [0.25, 0.3) is 0 Å². The molecule has 1 aromatic heterocycles. The highest BCUT2D eigenvalue weighted by Crippen LogP contribution is 2.17. The molecular weight excluding hydrogens is 217 g/mol. The van der Waals surface area contributed by atoms with Gasteiger partial charge >= 0.3 is 0 Å². The molecule has 0 fully saturated rings. The second kappa shape index (κ2) is 5.10. The molecule has 0 aliphatic carbocycles. The van der Waals surface area contributed by atoms with Crippen molar-refractivity contribution in [1.29, 1.82) is 0 Å². The number of hydrogen-bond acceptors (Lipinski definition) is 2. The van der Waals surface area contributed by atoms with Gasteiger partial charge in [0, 0.05) is 5.56 Å². The third kappa shape index (κ3) is 2.36. The molecule has 0 aliphatic heterocycles. The van der Waals surface area contributed by atoms with Gasteiger partial charge in [0.2, 0.25) is 5.95 Å². The summed E-state index contributed by atoms with van der Waals surface area (Å²) < 4.78 is 15.4. The molecule has 4 heteroatoms. The van der Waals surface area contributed by atoms with Crippen LogP contribution in [0, 0.1) is 12.9 Å². The second-order valence-corrected chi connectivity index (χ2v) is 4.05. The van der Waals surface area contributed by atoms with Crippen molar-refractivity contribution in [3.63, 3.8) is 0 Å². The van der Waals surface area contributed by atoms with Crippen molar-refractivity contribution in [3.8, 4) is 5.69 Å². The Balaban J connectivity index is 2.34. The van der Waals surface area contributed by atoms with Crippen LogP contribution in [0.1, 0.15) is 17.5 Å². The number of para-hydroxylation sites is 1. The van der Waals surface area contributed by atoms with Crippen LogP contribution in [0.4, 0.5) is 4.39 Å². The Kier molecular flexibility index (Phi) is 3.54. The van der Waals surface area contributed by atoms with Crippen LogP contribution in [0.5, 0.6) is 0 Å². The van der Waals surface area contributed by atoms with E-state index >= 15 is 0 Å². The summed E-state index contributed by atoms with van der Waals surface area (Å²) in [6, 6.07) is 7.60. The van der Waals surface area contributed by atoms with E-state index in [-0.39, 0.29) is 5.95 Å². The van der Waals surface area contributed by atoms with Gasteiger partial charge in [0.15, 0.2) is 0 Å². The average molecular weight is 233 g/mol. The number of nitrogens with zero attached hydrogens (tertiary/aromatic N) is 2. The van der Waals surface area contributed by atoms with Gasteiger partial charge in [-0.1, -0.05) is 18.2 Å². The fourth-order valence-electron chi connectivity index (χ4n) is 1.80. The van der Waals surface area contributed by atoms with Crippen LogP contribution in [-0.2, 0) is 6.42 Å². The minimum absolute atomic E-state index is 0.284. The predicted molar refractivity (Wildman–Crippen MR) is 65.6 cm³/mol. The highest BCUT2D eigenvalue weighted by molar-refractivity contribution is 5.39. The summed E-state index contributed by atoms with van der Waals surface area (Å²) in [5.41, 5.74) is 7.82. The zero-order valence-electron chi connectivity index (χ0n) is 9.86. The fourth-order valence-corrected chi connectivity index (χ4v) is 1.80. The minimum Gasteiger partial charge on any atom is -0.330 e. The number of halogens is 1. The van der Waals surface area contributed by atoms with Crippen LogP contribution in [0.2, 0.25) is 0 Å². The molecule has 0 bridgehead atoms. The Morgan fingerprint density at radius 2 is 2.12 bits per heavy atom. The summed E-state index contributed by atoms with van der Waals surface area (Å²) in [5, 5.41) is 4.10. The largest absolute Gasteiger partial charge is 0.330 e. The monoisotopic (exact) mass is 233 g/mol. The first kappa shape index (κ1) is 11.8. The lowest BCUT2D eigenvalue weighted by molar-refractivity contribution is 0.523. The van der Waals surface area contributed by atoms with Crippen molar-refractivity contribution in [1.82, 2.24) is 9.78 Å². The van der Waals surface area contributed by atoms with Gasteiger partial charge < -0.3 is 5.73 Å². The zero-order valence-corrected chi connectivity index (χ0v) is 9.86. The molecule has 0 spiro atoms. The first-order valence-electron chi connectivity index (χ1n) is 5.72. The van der Waals surface area contributed by atoms with Gasteiger partial charge in [0.1, 0.15) is 0 Å². The van der Waals surface area contributed by atoms with E-state index in [4.69, 9.17) is 5.73 Å². The fraction of sp³-hybridized carbons (Fsp3) is 0.308. The topological polar surface area (TPSA) is 43.8 Å². The second-order valence-electron chi connectivity index (χ2n) is 4.05. The lowest BCUT2D eigenvalue weighted by Crippen LogP contribution is -2.04. The number of benzene rings is 1. The van der Waals surface area contributed by atoms with Gasteiger partial charge in [0.05, 0.1) is 11.9 Å². The Bertz CT molecular complexity index is 505. The molecule has 1 aromatic carbocycles. The van der Waals surface area contributed by atoms with E-state index < -0.39 is 0 Å². The minimum atomic E-state index is -0.284. The van der Waals surface area contributed by atoms with Crippen molar-refractivity contribution in [2.75, 3.05) is 6.54 Å². The zero-order chi connectivity index (χ0) is 12.3. The van der Waals surface area contributed by atoms with Crippen LogP contribution in [0.3, 0.4) is 0 Å². The Morgan fingerprint density at radius 3 is 2.82 bits per heavy atom. The van der Waals surface area contributed by atoms with Gasteiger partial charge in [-0.3, -0.25) is 0 Å². The van der Waals surface area contributed by atoms with Gasteiger partial charge in [-0.05, 0) is 37.9 Å². The van der Waals surface area contributed by atoms with Crippen LogP contribution in [-0.4, -0.2) is 16.3 Å². The SMILES string of the molecule is Cc1ccccc1-n1ncc(CCCN)c1F. The maximum atomic E-state index is 14.1. The first-order valence-corrected chi connectivity index (χ1v) is 5.72. The summed E-state index contributed by atoms with van der Waals surface area (Å²) in [4.78, 5) is 0. The lowest BCUT2D eigenvalue weighted by Gasteiger charge is -2.05. The van der Waals surface area contributed by atoms with E-state index in [0.717, 1.165) is 17.7 Å². The maximum Gasteiger partial charge on any atom is 0.219 e. The summed E-state index contributed by atoms with van der Waals surface area (Å²) in [6.45, 7) is 2.50. The van der Waals surface area contributed by atoms with Crippen LogP contribution >= 0.6 is 0 Å². The number of aryl methyl sites for hydroxylation is 2. The van der Waals surface area contributed by atoms with Crippen molar-refractivity contribution in [3.05, 3.63) is 47.5 Å². The Morgan fingerprint density at radius 1 is 1.35 bits per heavy atom.